The second-order valence-corrected chi connectivity index (χ2v) is 7.45. The van der Waals surface area contributed by atoms with Gasteiger partial charge in [0.05, 0.1) is 20.3 Å². The number of halogens is 1. The number of nitrogens with one attached hydrogen (secondary N) is 2. The van der Waals surface area contributed by atoms with Crippen molar-refractivity contribution in [1.29, 1.82) is 0 Å². The molecule has 0 aliphatic carbocycles. The lowest BCUT2D eigenvalue weighted by molar-refractivity contribution is -0.139. The number of hydrogen-bond donors (Lipinski definition) is 3. The predicted molar refractivity (Wildman–Crippen MR) is 115 cm³/mol. The molecule has 30 heavy (non-hydrogen) atoms. The van der Waals surface area contributed by atoms with Crippen LogP contribution in [0.15, 0.2) is 45.8 Å². The number of aromatic nitrogens is 2. The van der Waals surface area contributed by atoms with Gasteiger partial charge >= 0.3 is 20.2 Å². The van der Waals surface area contributed by atoms with Gasteiger partial charge in [-0.1, -0.05) is 15.9 Å². The van der Waals surface area contributed by atoms with Gasteiger partial charge in [0, 0.05) is 17.8 Å². The van der Waals surface area contributed by atoms with E-state index in [1.165, 1.54) is 26.5 Å². The van der Waals surface area contributed by atoms with Gasteiger partial charge in [0.2, 0.25) is 0 Å². The van der Waals surface area contributed by atoms with Gasteiger partial charge in [-0.05, 0) is 30.3 Å². The third-order valence-corrected chi connectivity index (χ3v) is 4.64. The molecule has 13 heteroatoms. The summed E-state index contributed by atoms with van der Waals surface area (Å²) >= 11 is 3.33. The maximum Gasteiger partial charge on any atom is 0.346 e. The number of methoxy groups -OCH3 is 1. The minimum absolute atomic E-state index is 0.0482. The van der Waals surface area contributed by atoms with E-state index in [1.54, 1.807) is 12.1 Å². The highest BCUT2D eigenvalue weighted by molar-refractivity contribution is 9.10. The Morgan fingerprint density at radius 2 is 1.93 bits per heavy atom. The number of benzene rings is 1. The van der Waals surface area contributed by atoms with Crippen molar-refractivity contribution < 1.29 is 28.1 Å². The van der Waals surface area contributed by atoms with E-state index in [0.29, 0.717) is 18.4 Å². The molecule has 2 aromatic rings. The fourth-order valence-electron chi connectivity index (χ4n) is 1.60. The number of hydrogen-bond acceptors (Lipinski definition) is 10. The number of rotatable bonds is 6. The predicted octanol–water partition coefficient (Wildman–Crippen LogP) is 1.81. The molecule has 1 fully saturated rings. The van der Waals surface area contributed by atoms with Gasteiger partial charge in [-0.15, -0.1) is 0 Å². The molecule has 4 N–H and O–H groups in total. The molecule has 0 radical (unpaired) electrons. The molecule has 1 aromatic carbocycles. The summed E-state index contributed by atoms with van der Waals surface area (Å²) in [6.07, 6.45) is 1.36. The van der Waals surface area contributed by atoms with Crippen molar-refractivity contribution in [2.45, 2.75) is 0 Å². The number of aromatic amines is 1. The molecule has 0 amide bonds. The van der Waals surface area contributed by atoms with E-state index < -0.39 is 14.2 Å². The van der Waals surface area contributed by atoms with Crippen LogP contribution in [0.4, 0.5) is 5.82 Å². The Kier molecular flexibility index (Phi) is 13.6. The zero-order chi connectivity index (χ0) is 22.2. The molecule has 1 saturated heterocycles. The third-order valence-electron chi connectivity index (χ3n) is 2.98. The number of esters is 1. The first kappa shape index (κ1) is 26.0. The van der Waals surface area contributed by atoms with Gasteiger partial charge < -0.3 is 29.0 Å². The van der Waals surface area contributed by atoms with Crippen molar-refractivity contribution >= 4 is 36.2 Å². The molecule has 1 aliphatic heterocycles. The zero-order valence-electron chi connectivity index (χ0n) is 16.5. The fraction of sp³-hybridized carbons (Fsp3) is 0.353. The average molecular weight is 507 g/mol. The van der Waals surface area contributed by atoms with E-state index in [4.69, 9.17) is 24.3 Å². The van der Waals surface area contributed by atoms with Gasteiger partial charge in [0.1, 0.15) is 24.9 Å². The zero-order valence-corrected chi connectivity index (χ0v) is 19.0. The largest absolute Gasteiger partial charge is 0.468 e. The van der Waals surface area contributed by atoms with Crippen LogP contribution in [0.1, 0.15) is 0 Å². The van der Waals surface area contributed by atoms with Crippen molar-refractivity contribution in [3.05, 3.63) is 51.5 Å². The molecule has 0 saturated carbocycles. The normalized spacial score (nSPS) is 13.2. The highest BCUT2D eigenvalue weighted by Gasteiger charge is 2.12. The Morgan fingerprint density at radius 3 is 2.37 bits per heavy atom. The molecular weight excluding hydrogens is 483 g/mol. The summed E-state index contributed by atoms with van der Waals surface area (Å²) in [5, 5.41) is 2.82. The Balaban J connectivity index is 0.000000281. The summed E-state index contributed by atoms with van der Waals surface area (Å²) in [6, 6.07) is 8.84. The first-order chi connectivity index (χ1) is 14.4. The number of nitrogen functional groups attached to an aromatic ring is 1. The van der Waals surface area contributed by atoms with Crippen LogP contribution in [-0.2, 0) is 23.5 Å². The number of ether oxygens (including phenoxy) is 3. The molecule has 1 unspecified atom stereocenters. The minimum atomic E-state index is -1.35. The van der Waals surface area contributed by atoms with Crippen LogP contribution in [0.25, 0.3) is 0 Å². The fourth-order valence-corrected chi connectivity index (χ4v) is 2.71. The van der Waals surface area contributed by atoms with Crippen molar-refractivity contribution in [2.75, 3.05) is 46.5 Å². The summed E-state index contributed by atoms with van der Waals surface area (Å²) in [5.74, 6) is 0.637. The summed E-state index contributed by atoms with van der Waals surface area (Å²) in [4.78, 5) is 26.8. The molecule has 1 atom stereocenters. The van der Waals surface area contributed by atoms with Crippen molar-refractivity contribution in [1.82, 2.24) is 15.1 Å². The molecule has 0 spiro atoms. The maximum absolute atomic E-state index is 10.9. The SMILES string of the molecule is C1COCO1.COC(=O)CNP(OC)Oc1ccc(Br)cc1.Nc1ccnc(=O)[nH]1. The Bertz CT molecular complexity index is 783. The van der Waals surface area contributed by atoms with Crippen LogP contribution in [0.3, 0.4) is 0 Å². The first-order valence-corrected chi connectivity index (χ1v) is 10.5. The number of carbonyl (C=O) groups excluding carboxylic acids is 1. The van der Waals surface area contributed by atoms with E-state index in [-0.39, 0.29) is 12.5 Å². The van der Waals surface area contributed by atoms with Crippen LogP contribution in [0, 0.1) is 0 Å². The molecule has 2 heterocycles. The van der Waals surface area contributed by atoms with Gasteiger partial charge in [-0.2, -0.15) is 0 Å². The van der Waals surface area contributed by atoms with Gasteiger partial charge in [0.15, 0.2) is 0 Å². The van der Waals surface area contributed by atoms with E-state index >= 15 is 0 Å². The molecule has 11 nitrogen and oxygen atoms in total. The smallest absolute Gasteiger partial charge is 0.346 e. The standard InChI is InChI=1S/C10H13BrNO4P.C4H5N3O.C3H6O2/c1-14-10(13)7-12-17(15-2)16-9-5-3-8(11)4-6-9;5-3-1-2-6-4(8)7-3;1-2-5-3-4-1/h3-6,12H,7H2,1-2H3;1-2H,(H3,5,6,7,8);1-3H2. The van der Waals surface area contributed by atoms with Gasteiger partial charge in [0.25, 0.3) is 0 Å². The molecule has 1 aromatic heterocycles. The summed E-state index contributed by atoms with van der Waals surface area (Å²) < 4.78 is 25.5. The van der Waals surface area contributed by atoms with Gasteiger partial charge in [-0.25, -0.2) is 14.9 Å². The quantitative estimate of drug-likeness (QED) is 0.391. The molecule has 3 rings (SSSR count). The number of nitrogens with zero attached hydrogens (tertiary/aromatic N) is 1. The topological polar surface area (TPSA) is 147 Å². The number of H-pyrrole nitrogens is 1. The monoisotopic (exact) mass is 506 g/mol. The van der Waals surface area contributed by atoms with E-state index in [2.05, 4.69) is 35.7 Å². The van der Waals surface area contributed by atoms with Crippen LogP contribution >= 0.6 is 24.5 Å². The summed E-state index contributed by atoms with van der Waals surface area (Å²) in [5.41, 5.74) is 4.75. The molecule has 1 aliphatic rings. The highest BCUT2D eigenvalue weighted by atomic mass is 79.9. The maximum atomic E-state index is 10.9. The van der Waals surface area contributed by atoms with E-state index in [0.717, 1.165) is 17.7 Å². The van der Waals surface area contributed by atoms with Crippen molar-refractivity contribution in [3.63, 3.8) is 0 Å². The van der Waals surface area contributed by atoms with Crippen molar-refractivity contribution in [2.24, 2.45) is 0 Å². The lowest BCUT2D eigenvalue weighted by atomic mass is 10.3. The Labute approximate surface area is 183 Å². The Hall–Kier alpha value is -2.08. The van der Waals surface area contributed by atoms with Crippen LogP contribution in [0.5, 0.6) is 5.75 Å². The second-order valence-electron chi connectivity index (χ2n) is 5.16. The third kappa shape index (κ3) is 12.5. The molecular formula is C17H24BrN4O7P. The Morgan fingerprint density at radius 1 is 1.27 bits per heavy atom. The van der Waals surface area contributed by atoms with Crippen LogP contribution in [0.2, 0.25) is 0 Å². The number of anilines is 1. The van der Waals surface area contributed by atoms with Crippen LogP contribution < -0.4 is 21.0 Å². The second kappa shape index (κ2) is 15.7. The highest BCUT2D eigenvalue weighted by Crippen LogP contribution is 2.34. The summed E-state index contributed by atoms with van der Waals surface area (Å²) in [6.45, 7) is 2.10. The molecule has 166 valence electrons. The van der Waals surface area contributed by atoms with Gasteiger partial charge in [-0.3, -0.25) is 9.78 Å². The van der Waals surface area contributed by atoms with E-state index in [9.17, 15) is 9.59 Å². The van der Waals surface area contributed by atoms with Crippen molar-refractivity contribution in [3.8, 4) is 5.75 Å². The summed E-state index contributed by atoms with van der Waals surface area (Å²) in [7, 11) is 1.49. The number of nitrogens with two attached hydrogens (primary N) is 1. The lowest BCUT2D eigenvalue weighted by Gasteiger charge is -2.15. The lowest BCUT2D eigenvalue weighted by Crippen LogP contribution is -2.21. The first-order valence-electron chi connectivity index (χ1n) is 8.49. The minimum Gasteiger partial charge on any atom is -0.468 e. The molecule has 0 bridgehead atoms. The van der Waals surface area contributed by atoms with Crippen LogP contribution in [-0.4, -0.2) is 56.7 Å². The number of carbonyl (C=O) groups is 1. The average Bonchev–Trinajstić information content (AvgIpc) is 3.33. The van der Waals surface area contributed by atoms with E-state index in [1.807, 2.05) is 12.1 Å².